The maximum absolute atomic E-state index is 10.9. The lowest BCUT2D eigenvalue weighted by molar-refractivity contribution is -0.139. The maximum Gasteiger partial charge on any atom is 0.341 e. The van der Waals surface area contributed by atoms with E-state index in [9.17, 15) is 4.79 Å². The van der Waals surface area contributed by atoms with Crippen LogP contribution >= 0.6 is 0 Å². The zero-order chi connectivity index (χ0) is 23.0. The Labute approximate surface area is 196 Å². The summed E-state index contributed by atoms with van der Waals surface area (Å²) in [6.07, 6.45) is 10.1. The van der Waals surface area contributed by atoms with Crippen molar-refractivity contribution in [3.05, 3.63) is 65.2 Å². The molecule has 2 aliphatic rings. The van der Waals surface area contributed by atoms with Gasteiger partial charge in [-0.3, -0.25) is 0 Å². The van der Waals surface area contributed by atoms with Crippen LogP contribution in [-0.4, -0.2) is 23.4 Å². The van der Waals surface area contributed by atoms with E-state index in [1.54, 1.807) is 0 Å². The number of hydrogen-bond acceptors (Lipinski definition) is 4. The number of rotatable bonds is 9. The van der Waals surface area contributed by atoms with Gasteiger partial charge in [0.25, 0.3) is 0 Å². The molecule has 1 N–H and O–H groups in total. The molecule has 33 heavy (non-hydrogen) atoms. The topological polar surface area (TPSA) is 68.1 Å². The van der Waals surface area contributed by atoms with Crippen LogP contribution in [0.25, 0.3) is 0 Å². The van der Waals surface area contributed by atoms with Gasteiger partial charge in [0.1, 0.15) is 5.75 Å². The van der Waals surface area contributed by atoms with E-state index in [4.69, 9.17) is 14.7 Å². The van der Waals surface area contributed by atoms with Gasteiger partial charge < -0.3 is 14.7 Å². The van der Waals surface area contributed by atoms with Crippen molar-refractivity contribution in [1.29, 1.82) is 0 Å². The van der Waals surface area contributed by atoms with Crippen molar-refractivity contribution < 1.29 is 19.5 Å². The lowest BCUT2D eigenvalue weighted by Crippen LogP contribution is -2.20. The lowest BCUT2D eigenvalue weighted by Gasteiger charge is -2.29. The van der Waals surface area contributed by atoms with Crippen molar-refractivity contribution >= 4 is 11.7 Å². The van der Waals surface area contributed by atoms with E-state index in [2.05, 4.69) is 48.5 Å². The van der Waals surface area contributed by atoms with Crippen LogP contribution in [0, 0.1) is 11.8 Å². The van der Waals surface area contributed by atoms with E-state index in [-0.39, 0.29) is 12.7 Å². The van der Waals surface area contributed by atoms with Crippen molar-refractivity contribution in [3.8, 4) is 5.75 Å². The molecule has 2 atom stereocenters. The highest BCUT2D eigenvalue weighted by molar-refractivity contribution is 5.81. The van der Waals surface area contributed by atoms with Crippen molar-refractivity contribution in [2.24, 2.45) is 17.0 Å². The number of carbonyl (C=O) groups is 1. The van der Waals surface area contributed by atoms with Crippen LogP contribution in [0.1, 0.15) is 74.7 Å². The second kappa shape index (κ2) is 11.4. The van der Waals surface area contributed by atoms with E-state index in [1.807, 2.05) is 12.1 Å². The summed E-state index contributed by atoms with van der Waals surface area (Å²) < 4.78 is 5.50. The summed E-state index contributed by atoms with van der Waals surface area (Å²) in [5.41, 5.74) is 4.68. The molecule has 2 aliphatic carbocycles. The Balaban J connectivity index is 1.38. The molecule has 2 aromatic carbocycles. The van der Waals surface area contributed by atoms with Gasteiger partial charge in [-0.2, -0.15) is 0 Å². The van der Waals surface area contributed by atoms with E-state index in [1.165, 1.54) is 43.2 Å². The first kappa shape index (κ1) is 23.3. The molecule has 2 unspecified atom stereocenters. The Hall–Kier alpha value is -2.82. The number of carboxylic acid groups (broad SMARTS) is 1. The Morgan fingerprint density at radius 3 is 2.61 bits per heavy atom. The number of oxime groups is 1. The minimum Gasteiger partial charge on any atom is -0.482 e. The highest BCUT2D eigenvalue weighted by atomic mass is 16.6. The average Bonchev–Trinajstić information content (AvgIpc) is 2.84. The second-order valence-electron chi connectivity index (χ2n) is 9.55. The van der Waals surface area contributed by atoms with Gasteiger partial charge in [0.15, 0.2) is 12.7 Å². The van der Waals surface area contributed by atoms with Gasteiger partial charge in [0.2, 0.25) is 0 Å². The van der Waals surface area contributed by atoms with Crippen LogP contribution in [-0.2, 0) is 22.5 Å². The summed E-state index contributed by atoms with van der Waals surface area (Å²) in [5, 5.41) is 13.5. The van der Waals surface area contributed by atoms with Gasteiger partial charge in [0, 0.05) is 5.92 Å². The third kappa shape index (κ3) is 6.37. The second-order valence-corrected chi connectivity index (χ2v) is 9.55. The Bertz CT molecular complexity index is 950. The standard InChI is InChI=1S/C28H35NO4/c1-20(29-33-28(22-9-4-2-5-10-22)23-11-6-3-7-12-23)17-21-15-16-25-24(18-21)13-8-14-26(25)32-19-27(30)31/h2,4-5,8-10,13-14,21,23,28H,3,6-7,11-12,15-19H2,1H3,(H,30,31). The van der Waals surface area contributed by atoms with E-state index in [0.29, 0.717) is 17.6 Å². The van der Waals surface area contributed by atoms with Crippen LogP contribution in [0.2, 0.25) is 0 Å². The largest absolute Gasteiger partial charge is 0.482 e. The zero-order valence-corrected chi connectivity index (χ0v) is 19.5. The molecule has 0 bridgehead atoms. The highest BCUT2D eigenvalue weighted by Crippen LogP contribution is 2.37. The summed E-state index contributed by atoms with van der Waals surface area (Å²) >= 11 is 0. The zero-order valence-electron chi connectivity index (χ0n) is 19.5. The minimum absolute atomic E-state index is 0.0301. The molecule has 1 fully saturated rings. The Morgan fingerprint density at radius 1 is 1.06 bits per heavy atom. The van der Waals surface area contributed by atoms with Crippen LogP contribution in [0.15, 0.2) is 53.7 Å². The number of benzene rings is 2. The first-order valence-electron chi connectivity index (χ1n) is 12.3. The first-order chi connectivity index (χ1) is 16.1. The van der Waals surface area contributed by atoms with Crippen molar-refractivity contribution in [1.82, 2.24) is 0 Å². The fourth-order valence-corrected chi connectivity index (χ4v) is 5.40. The fourth-order valence-electron chi connectivity index (χ4n) is 5.40. The van der Waals surface area contributed by atoms with Gasteiger partial charge >= 0.3 is 5.97 Å². The summed E-state index contributed by atoms with van der Waals surface area (Å²) in [7, 11) is 0. The molecule has 5 nitrogen and oxygen atoms in total. The fraction of sp³-hybridized carbons (Fsp3) is 0.500. The normalized spacial score (nSPS) is 20.0. The third-order valence-corrected chi connectivity index (χ3v) is 7.00. The van der Waals surface area contributed by atoms with Gasteiger partial charge in [-0.05, 0) is 74.1 Å². The highest BCUT2D eigenvalue weighted by Gasteiger charge is 2.27. The number of carboxylic acids is 1. The lowest BCUT2D eigenvalue weighted by atomic mass is 9.81. The molecule has 0 spiro atoms. The molecule has 0 heterocycles. The SMILES string of the molecule is CC(CC1CCc2c(cccc2OCC(=O)O)C1)=NOC(c1ccccc1)C1CCCCC1. The summed E-state index contributed by atoms with van der Waals surface area (Å²) in [6.45, 7) is 1.78. The molecule has 0 radical (unpaired) electrons. The van der Waals surface area contributed by atoms with Crippen molar-refractivity contribution in [2.45, 2.75) is 70.8 Å². The van der Waals surface area contributed by atoms with Crippen LogP contribution in [0.4, 0.5) is 0 Å². The molecule has 0 amide bonds. The monoisotopic (exact) mass is 449 g/mol. The molecule has 0 saturated heterocycles. The average molecular weight is 450 g/mol. The third-order valence-electron chi connectivity index (χ3n) is 7.00. The molecule has 5 heteroatoms. The van der Waals surface area contributed by atoms with Crippen LogP contribution < -0.4 is 4.74 Å². The van der Waals surface area contributed by atoms with Gasteiger partial charge in [-0.15, -0.1) is 0 Å². The number of fused-ring (bicyclic) bond motifs is 1. The predicted molar refractivity (Wildman–Crippen MR) is 130 cm³/mol. The molecule has 4 rings (SSSR count). The minimum atomic E-state index is -0.949. The van der Waals surface area contributed by atoms with Gasteiger partial charge in [-0.1, -0.05) is 66.9 Å². The predicted octanol–water partition coefficient (Wildman–Crippen LogP) is 6.36. The number of hydrogen-bond donors (Lipinski definition) is 1. The van der Waals surface area contributed by atoms with Crippen LogP contribution in [0.5, 0.6) is 5.75 Å². The molecule has 2 aromatic rings. The number of ether oxygens (including phenoxy) is 1. The quantitative estimate of drug-likeness (QED) is 0.357. The summed E-state index contributed by atoms with van der Waals surface area (Å²) in [5.74, 6) is 0.795. The molecule has 1 saturated carbocycles. The summed E-state index contributed by atoms with van der Waals surface area (Å²) in [6, 6.07) is 16.5. The van der Waals surface area contributed by atoms with E-state index < -0.39 is 5.97 Å². The van der Waals surface area contributed by atoms with Crippen molar-refractivity contribution in [3.63, 3.8) is 0 Å². The Morgan fingerprint density at radius 2 is 1.85 bits per heavy atom. The van der Waals surface area contributed by atoms with E-state index >= 15 is 0 Å². The number of aliphatic carboxylic acids is 1. The van der Waals surface area contributed by atoms with E-state index in [0.717, 1.165) is 37.0 Å². The summed E-state index contributed by atoms with van der Waals surface area (Å²) in [4.78, 5) is 17.1. The molecule has 176 valence electrons. The molecule has 0 aliphatic heterocycles. The van der Waals surface area contributed by atoms with Crippen LogP contribution in [0.3, 0.4) is 0 Å². The van der Waals surface area contributed by atoms with Gasteiger partial charge in [0.05, 0.1) is 5.71 Å². The van der Waals surface area contributed by atoms with Gasteiger partial charge in [-0.25, -0.2) is 4.79 Å². The van der Waals surface area contributed by atoms with Crippen molar-refractivity contribution in [2.75, 3.05) is 6.61 Å². The smallest absolute Gasteiger partial charge is 0.341 e. The number of nitrogens with zero attached hydrogens (tertiary/aromatic N) is 1. The molecular formula is C28H35NO4. The molecule has 0 aromatic heterocycles. The Kier molecular flexibility index (Phi) is 8.03. The molecular weight excluding hydrogens is 414 g/mol. The maximum atomic E-state index is 10.9. The first-order valence-corrected chi connectivity index (χ1v) is 12.3.